The fourth-order valence-electron chi connectivity index (χ4n) is 4.07. The third-order valence-electron chi connectivity index (χ3n) is 5.32. The van der Waals surface area contributed by atoms with Crippen LogP contribution in [0.1, 0.15) is 34.1 Å². The molecule has 13 nitrogen and oxygen atoms in total. The maximum atomic E-state index is 12.0. The van der Waals surface area contributed by atoms with Crippen molar-refractivity contribution in [2.45, 2.75) is 81.6 Å². The van der Waals surface area contributed by atoms with Gasteiger partial charge in [0.05, 0.1) is 18.4 Å². The molecule has 0 aromatic heterocycles. The number of thioether (sulfide) groups is 1. The highest BCUT2D eigenvalue weighted by molar-refractivity contribution is 8.00. The number of carbonyl (C=O) groups excluding carboxylic acids is 4. The van der Waals surface area contributed by atoms with Gasteiger partial charge in [0, 0.05) is 39.4 Å². The van der Waals surface area contributed by atoms with E-state index in [1.54, 1.807) is 0 Å². The van der Waals surface area contributed by atoms with Crippen LogP contribution in [-0.4, -0.2) is 95.4 Å². The van der Waals surface area contributed by atoms with Crippen molar-refractivity contribution in [3.63, 3.8) is 0 Å². The van der Waals surface area contributed by atoms with Crippen LogP contribution in [0.15, 0.2) is 4.99 Å². The molecule has 2 bridgehead atoms. The predicted molar refractivity (Wildman–Crippen MR) is 127 cm³/mol. The lowest BCUT2D eigenvalue weighted by atomic mass is 9.99. The summed E-state index contributed by atoms with van der Waals surface area (Å²) in [5.41, 5.74) is 5.13. The second-order valence-corrected chi connectivity index (χ2v) is 9.99. The lowest BCUT2D eigenvalue weighted by molar-refractivity contribution is -0.237. The number of aliphatic imine (C=N–C) groups is 1. The zero-order chi connectivity index (χ0) is 26.6. The van der Waals surface area contributed by atoms with Crippen molar-refractivity contribution in [3.05, 3.63) is 0 Å². The fourth-order valence-corrected chi connectivity index (χ4v) is 5.69. The molecule has 15 heteroatoms. The van der Waals surface area contributed by atoms with E-state index < -0.39 is 60.0 Å². The Morgan fingerprint density at radius 1 is 0.972 bits per heavy atom. The van der Waals surface area contributed by atoms with Crippen molar-refractivity contribution in [2.24, 2.45) is 10.7 Å². The fraction of sp³-hybridized carbons (Fsp3) is 0.714. The topological polar surface area (TPSA) is 171 Å². The normalized spacial score (nSPS) is 34.5. The van der Waals surface area contributed by atoms with Gasteiger partial charge in [-0.05, 0) is 12.2 Å². The van der Waals surface area contributed by atoms with Crippen LogP contribution in [0.5, 0.6) is 0 Å². The van der Waals surface area contributed by atoms with E-state index in [0.717, 1.165) is 13.8 Å². The predicted octanol–water partition coefficient (Wildman–Crippen LogP) is 0.00110. The number of hydrogen-bond acceptors (Lipinski definition) is 13. The molecule has 0 saturated carbocycles. The van der Waals surface area contributed by atoms with Crippen molar-refractivity contribution < 1.29 is 52.3 Å². The first-order chi connectivity index (χ1) is 16.9. The second kappa shape index (κ2) is 12.3. The van der Waals surface area contributed by atoms with Crippen molar-refractivity contribution in [3.8, 4) is 0 Å². The van der Waals surface area contributed by atoms with E-state index in [-0.39, 0.29) is 29.7 Å². The monoisotopic (exact) mass is 548 g/mol. The Labute approximate surface area is 216 Å². The van der Waals surface area contributed by atoms with Crippen LogP contribution in [0.4, 0.5) is 0 Å². The van der Waals surface area contributed by atoms with Gasteiger partial charge in [0.1, 0.15) is 18.1 Å². The van der Waals surface area contributed by atoms with Gasteiger partial charge in [-0.3, -0.25) is 19.2 Å². The van der Waals surface area contributed by atoms with Crippen molar-refractivity contribution >= 4 is 58.7 Å². The first-order valence-electron chi connectivity index (χ1n) is 11.0. The summed E-state index contributed by atoms with van der Waals surface area (Å²) < 4.78 is 39.1. The van der Waals surface area contributed by atoms with Gasteiger partial charge in [0.15, 0.2) is 29.7 Å². The molecule has 3 aliphatic heterocycles. The van der Waals surface area contributed by atoms with Crippen molar-refractivity contribution in [1.82, 2.24) is 0 Å². The van der Waals surface area contributed by atoms with Gasteiger partial charge in [-0.15, -0.1) is 11.8 Å². The summed E-state index contributed by atoms with van der Waals surface area (Å²) in [4.78, 5) is 51.5. The van der Waals surface area contributed by atoms with Crippen LogP contribution in [0.25, 0.3) is 0 Å². The summed E-state index contributed by atoms with van der Waals surface area (Å²) in [6.07, 6.45) is -5.31. The molecule has 0 spiro atoms. The molecule has 3 aliphatic rings. The van der Waals surface area contributed by atoms with E-state index >= 15 is 0 Å². The molecule has 3 rings (SSSR count). The molecule has 0 aromatic rings. The zero-order valence-corrected chi connectivity index (χ0v) is 21.7. The largest absolute Gasteiger partial charge is 0.463 e. The maximum absolute atomic E-state index is 12.0. The molecule has 3 fully saturated rings. The van der Waals surface area contributed by atoms with Crippen LogP contribution in [-0.2, 0) is 52.3 Å². The molecule has 8 atom stereocenters. The van der Waals surface area contributed by atoms with Gasteiger partial charge in [-0.25, -0.2) is 4.99 Å². The van der Waals surface area contributed by atoms with Gasteiger partial charge in [-0.2, -0.15) is 0 Å². The van der Waals surface area contributed by atoms with Crippen LogP contribution in [0.3, 0.4) is 0 Å². The van der Waals surface area contributed by atoms with Gasteiger partial charge < -0.3 is 38.9 Å². The summed E-state index contributed by atoms with van der Waals surface area (Å²) in [7, 11) is 0. The maximum Gasteiger partial charge on any atom is 0.303 e. The molecule has 0 aromatic carbocycles. The number of thiocarbonyl (C=S) groups is 1. The lowest BCUT2D eigenvalue weighted by Gasteiger charge is -2.45. The Hall–Kier alpha value is -2.33. The van der Waals surface area contributed by atoms with E-state index in [1.165, 1.54) is 25.6 Å². The standard InChI is InChI=1S/C21H28N2O11S2/c1-8(24)28-7-14-16(30-9(2)25)17(31-10(3)26)18(32-11(4)27)20(34-14)36-15-5-12(23-21(22)35)19-29-6-13(15)33-19/h13-20H,5-7H2,1-4H3,(H2,22,35)/t13-,14-,15-,16-,17+,18-,19-,20+/m1/s1. The number of rotatable bonds is 7. The number of carbonyl (C=O) groups is 4. The molecular formula is C21H28N2O11S2. The number of esters is 4. The summed E-state index contributed by atoms with van der Waals surface area (Å²) in [5, 5.41) is -0.379. The third kappa shape index (κ3) is 7.35. The minimum Gasteiger partial charge on any atom is -0.463 e. The molecule has 0 amide bonds. The number of nitrogens with zero attached hydrogens (tertiary/aromatic N) is 1. The minimum atomic E-state index is -1.25. The smallest absolute Gasteiger partial charge is 0.303 e. The highest BCUT2D eigenvalue weighted by atomic mass is 32.2. The van der Waals surface area contributed by atoms with E-state index in [0.29, 0.717) is 12.1 Å². The molecule has 0 radical (unpaired) electrons. The lowest BCUT2D eigenvalue weighted by Crippen LogP contribution is -2.62. The van der Waals surface area contributed by atoms with Gasteiger partial charge in [0.2, 0.25) is 0 Å². The van der Waals surface area contributed by atoms with E-state index in [4.69, 9.17) is 51.1 Å². The van der Waals surface area contributed by atoms with Crippen LogP contribution in [0, 0.1) is 0 Å². The Bertz CT molecular complexity index is 930. The Balaban J connectivity index is 1.93. The van der Waals surface area contributed by atoms with Crippen LogP contribution < -0.4 is 5.73 Å². The molecule has 200 valence electrons. The van der Waals surface area contributed by atoms with E-state index in [1.807, 2.05) is 0 Å². The third-order valence-corrected chi connectivity index (χ3v) is 6.88. The van der Waals surface area contributed by atoms with Crippen LogP contribution >= 0.6 is 24.0 Å². The molecule has 36 heavy (non-hydrogen) atoms. The summed E-state index contributed by atoms with van der Waals surface area (Å²) in [6.45, 7) is 4.68. The molecule has 0 unspecified atom stereocenters. The average molecular weight is 549 g/mol. The van der Waals surface area contributed by atoms with Crippen molar-refractivity contribution in [1.29, 1.82) is 0 Å². The SMILES string of the molecule is CC(=O)OC[C@H]1O[C@@H](S[C@@H]2CC(=NC(N)=S)[C@@H]3OC[C@H]2O3)[C@H](OC(C)=O)[C@@H](OC(C)=O)[C@@H]1OC(C)=O. The Kier molecular flexibility index (Phi) is 9.63. The van der Waals surface area contributed by atoms with Gasteiger partial charge >= 0.3 is 23.9 Å². The van der Waals surface area contributed by atoms with Crippen molar-refractivity contribution in [2.75, 3.05) is 13.2 Å². The van der Waals surface area contributed by atoms with E-state index in [2.05, 4.69) is 4.99 Å². The molecule has 3 saturated heterocycles. The number of fused-ring (bicyclic) bond motifs is 2. The quantitative estimate of drug-likeness (QED) is 0.256. The molecule has 2 N–H and O–H groups in total. The number of hydrogen-bond donors (Lipinski definition) is 1. The molecular weight excluding hydrogens is 520 g/mol. The zero-order valence-electron chi connectivity index (χ0n) is 20.1. The Morgan fingerprint density at radius 2 is 1.58 bits per heavy atom. The number of ether oxygens (including phenoxy) is 7. The minimum absolute atomic E-state index is 0.0707. The summed E-state index contributed by atoms with van der Waals surface area (Å²) in [5.74, 6) is -2.67. The first kappa shape index (κ1) is 28.2. The molecule has 0 aliphatic carbocycles. The highest BCUT2D eigenvalue weighted by Crippen LogP contribution is 2.41. The van der Waals surface area contributed by atoms with E-state index in [9.17, 15) is 19.2 Å². The number of nitrogens with two attached hydrogens (primary N) is 1. The second-order valence-electron chi connectivity index (χ2n) is 8.23. The molecule has 3 heterocycles. The van der Waals surface area contributed by atoms with Gasteiger partial charge in [-0.1, -0.05) is 0 Å². The summed E-state index contributed by atoms with van der Waals surface area (Å²) in [6, 6.07) is 0. The summed E-state index contributed by atoms with van der Waals surface area (Å²) >= 11 is 6.11. The highest BCUT2D eigenvalue weighted by Gasteiger charge is 2.54. The van der Waals surface area contributed by atoms with Crippen LogP contribution in [0.2, 0.25) is 0 Å². The van der Waals surface area contributed by atoms with Gasteiger partial charge in [0.25, 0.3) is 0 Å². The Morgan fingerprint density at radius 3 is 2.17 bits per heavy atom. The first-order valence-corrected chi connectivity index (χ1v) is 12.4. The average Bonchev–Trinajstić information content (AvgIpc) is 3.18.